The molecule has 1 fully saturated rings. The first-order valence-corrected chi connectivity index (χ1v) is 8.80. The van der Waals surface area contributed by atoms with E-state index in [0.29, 0.717) is 30.2 Å². The third kappa shape index (κ3) is 3.10. The van der Waals surface area contributed by atoms with E-state index < -0.39 is 0 Å². The molecule has 1 aliphatic carbocycles. The second-order valence-electron chi connectivity index (χ2n) is 6.80. The van der Waals surface area contributed by atoms with E-state index in [1.165, 1.54) is 18.4 Å². The average molecular weight is 354 g/mol. The highest BCUT2D eigenvalue weighted by Gasteiger charge is 2.25. The van der Waals surface area contributed by atoms with Crippen LogP contribution in [0.5, 0.6) is 6.01 Å². The van der Waals surface area contributed by atoms with Crippen molar-refractivity contribution in [2.24, 2.45) is 0 Å². The lowest BCUT2D eigenvalue weighted by molar-refractivity contribution is 0.141. The number of fused-ring (bicyclic) bond motifs is 1. The third-order valence-electron chi connectivity index (χ3n) is 4.68. The molecule has 0 saturated heterocycles. The Morgan fingerprint density at radius 1 is 1.23 bits per heavy atom. The van der Waals surface area contributed by atoms with Crippen LogP contribution in [-0.2, 0) is 4.74 Å². The van der Waals surface area contributed by atoms with Crippen molar-refractivity contribution >= 4 is 11.0 Å². The Morgan fingerprint density at radius 3 is 2.62 bits per heavy atom. The van der Waals surface area contributed by atoms with Crippen molar-refractivity contribution in [2.75, 3.05) is 20.3 Å². The van der Waals surface area contributed by atoms with Crippen molar-refractivity contribution in [3.05, 3.63) is 45.4 Å². The first-order valence-electron chi connectivity index (χ1n) is 8.80. The zero-order valence-electron chi connectivity index (χ0n) is 15.2. The van der Waals surface area contributed by atoms with E-state index >= 15 is 0 Å². The molecule has 7 heteroatoms. The quantitative estimate of drug-likeness (QED) is 0.688. The number of methoxy groups -OCH3 is 1. The molecular weight excluding hydrogens is 332 g/mol. The molecule has 136 valence electrons. The van der Waals surface area contributed by atoms with Crippen LogP contribution in [0.25, 0.3) is 16.7 Å². The molecule has 0 radical (unpaired) electrons. The van der Waals surface area contributed by atoms with Crippen LogP contribution in [0.3, 0.4) is 0 Å². The maximum Gasteiger partial charge on any atom is 0.298 e. The maximum absolute atomic E-state index is 12.3. The Kier molecular flexibility index (Phi) is 4.24. The molecule has 1 aromatic carbocycles. The maximum atomic E-state index is 12.3. The summed E-state index contributed by atoms with van der Waals surface area (Å²) in [6, 6.07) is 4.61. The minimum atomic E-state index is -0.265. The molecule has 26 heavy (non-hydrogen) atoms. The Balaban J connectivity index is 1.73. The van der Waals surface area contributed by atoms with Gasteiger partial charge in [0.05, 0.1) is 12.3 Å². The van der Waals surface area contributed by atoms with Crippen LogP contribution in [-0.4, -0.2) is 40.1 Å². The second kappa shape index (κ2) is 6.57. The number of aromatic nitrogens is 4. The van der Waals surface area contributed by atoms with Gasteiger partial charge in [0.1, 0.15) is 12.0 Å². The first-order chi connectivity index (χ1) is 12.6. The monoisotopic (exact) mass is 354 g/mol. The zero-order valence-corrected chi connectivity index (χ0v) is 15.2. The Bertz CT molecular complexity index is 994. The predicted octanol–water partition coefficient (Wildman–Crippen LogP) is 2.63. The highest BCUT2D eigenvalue weighted by Crippen LogP contribution is 2.41. The number of H-pyrrole nitrogens is 1. The van der Waals surface area contributed by atoms with Crippen molar-refractivity contribution in [1.82, 2.24) is 19.7 Å². The number of rotatable bonds is 6. The lowest BCUT2D eigenvalue weighted by atomic mass is 10.0. The van der Waals surface area contributed by atoms with E-state index in [4.69, 9.17) is 9.47 Å². The van der Waals surface area contributed by atoms with Gasteiger partial charge in [0.15, 0.2) is 5.65 Å². The number of benzene rings is 1. The van der Waals surface area contributed by atoms with Gasteiger partial charge in [-0.05, 0) is 49.3 Å². The molecule has 0 aliphatic heterocycles. The van der Waals surface area contributed by atoms with Gasteiger partial charge in [0, 0.05) is 13.3 Å². The fourth-order valence-electron chi connectivity index (χ4n) is 3.30. The van der Waals surface area contributed by atoms with Crippen LogP contribution in [0.2, 0.25) is 0 Å². The fourth-order valence-corrected chi connectivity index (χ4v) is 3.30. The van der Waals surface area contributed by atoms with Crippen LogP contribution in [0.1, 0.15) is 35.4 Å². The predicted molar refractivity (Wildman–Crippen MR) is 98.3 cm³/mol. The Labute approximate surface area is 151 Å². The second-order valence-corrected chi connectivity index (χ2v) is 6.80. The SMILES string of the molecule is COCCOc1nc2nn(-c3c(C)cc(C4CC4)cc3C)cc2c(=O)[nH]1. The van der Waals surface area contributed by atoms with Gasteiger partial charge in [-0.2, -0.15) is 4.98 Å². The molecule has 0 atom stereocenters. The number of hydrogen-bond acceptors (Lipinski definition) is 5. The van der Waals surface area contributed by atoms with E-state index in [2.05, 4.69) is 41.0 Å². The summed E-state index contributed by atoms with van der Waals surface area (Å²) in [5, 5.41) is 4.96. The van der Waals surface area contributed by atoms with Crippen molar-refractivity contribution in [3.8, 4) is 11.7 Å². The fraction of sp³-hybridized carbons (Fsp3) is 0.421. The van der Waals surface area contributed by atoms with Crippen molar-refractivity contribution < 1.29 is 9.47 Å². The largest absolute Gasteiger partial charge is 0.462 e. The van der Waals surface area contributed by atoms with Crippen molar-refractivity contribution in [1.29, 1.82) is 0 Å². The number of nitrogens with one attached hydrogen (secondary N) is 1. The van der Waals surface area contributed by atoms with E-state index in [1.807, 2.05) is 0 Å². The highest BCUT2D eigenvalue weighted by atomic mass is 16.5. The van der Waals surface area contributed by atoms with E-state index in [1.54, 1.807) is 18.0 Å². The van der Waals surface area contributed by atoms with E-state index in [-0.39, 0.29) is 11.6 Å². The molecule has 0 bridgehead atoms. The number of hydrogen-bond donors (Lipinski definition) is 1. The molecule has 0 unspecified atom stereocenters. The third-order valence-corrected chi connectivity index (χ3v) is 4.68. The summed E-state index contributed by atoms with van der Waals surface area (Å²) in [7, 11) is 1.59. The topological polar surface area (TPSA) is 82.0 Å². The molecule has 7 nitrogen and oxygen atoms in total. The molecule has 3 aromatic rings. The highest BCUT2D eigenvalue weighted by molar-refractivity contribution is 5.74. The van der Waals surface area contributed by atoms with Gasteiger partial charge in [-0.1, -0.05) is 12.1 Å². The molecule has 2 heterocycles. The molecular formula is C19H22N4O3. The van der Waals surface area contributed by atoms with Crippen molar-refractivity contribution in [3.63, 3.8) is 0 Å². The average Bonchev–Trinajstić information content (AvgIpc) is 3.35. The molecule has 0 amide bonds. The summed E-state index contributed by atoms with van der Waals surface area (Å²) >= 11 is 0. The lowest BCUT2D eigenvalue weighted by Crippen LogP contribution is -2.12. The molecule has 2 aromatic heterocycles. The van der Waals surface area contributed by atoms with Gasteiger partial charge in [-0.25, -0.2) is 4.68 Å². The molecule has 1 aliphatic rings. The number of aryl methyl sites for hydroxylation is 2. The van der Waals surface area contributed by atoms with Gasteiger partial charge in [-0.3, -0.25) is 9.78 Å². The van der Waals surface area contributed by atoms with Crippen molar-refractivity contribution in [2.45, 2.75) is 32.6 Å². The van der Waals surface area contributed by atoms with Gasteiger partial charge >= 0.3 is 0 Å². The Hall–Kier alpha value is -2.67. The Morgan fingerprint density at radius 2 is 1.96 bits per heavy atom. The summed E-state index contributed by atoms with van der Waals surface area (Å²) in [6.45, 7) is 4.89. The van der Waals surface area contributed by atoms with E-state index in [9.17, 15) is 4.79 Å². The van der Waals surface area contributed by atoms with Gasteiger partial charge < -0.3 is 9.47 Å². The van der Waals surface area contributed by atoms with E-state index in [0.717, 1.165) is 16.8 Å². The molecule has 1 N–H and O–H groups in total. The van der Waals surface area contributed by atoms with Crippen LogP contribution >= 0.6 is 0 Å². The first kappa shape index (κ1) is 16.8. The zero-order chi connectivity index (χ0) is 18.3. The summed E-state index contributed by atoms with van der Waals surface area (Å²) < 4.78 is 12.1. The lowest BCUT2D eigenvalue weighted by Gasteiger charge is -2.12. The summed E-state index contributed by atoms with van der Waals surface area (Å²) in [5.41, 5.74) is 4.78. The number of ether oxygens (including phenoxy) is 2. The standard InChI is InChI=1S/C19H22N4O3/c1-11-8-14(13-4-5-13)9-12(2)16(11)23-10-15-17(22-23)20-19(21-18(15)24)26-7-6-25-3/h8-10,13H,4-7H2,1-3H3,(H,20,21,22,24). The van der Waals surface area contributed by atoms with Crippen LogP contribution in [0.15, 0.2) is 23.1 Å². The number of aromatic amines is 1. The smallest absolute Gasteiger partial charge is 0.298 e. The molecule has 4 rings (SSSR count). The van der Waals surface area contributed by atoms with Crippen LogP contribution in [0, 0.1) is 13.8 Å². The van der Waals surface area contributed by atoms with Crippen LogP contribution < -0.4 is 10.3 Å². The minimum absolute atomic E-state index is 0.155. The van der Waals surface area contributed by atoms with Gasteiger partial charge in [0.25, 0.3) is 11.6 Å². The summed E-state index contributed by atoms with van der Waals surface area (Å²) in [6.07, 6.45) is 4.27. The van der Waals surface area contributed by atoms with Gasteiger partial charge in [0.2, 0.25) is 0 Å². The molecule has 0 spiro atoms. The summed E-state index contributed by atoms with van der Waals surface area (Å²) in [5.74, 6) is 0.703. The summed E-state index contributed by atoms with van der Waals surface area (Å²) in [4.78, 5) is 19.3. The van der Waals surface area contributed by atoms with Crippen LogP contribution in [0.4, 0.5) is 0 Å². The number of nitrogens with zero attached hydrogens (tertiary/aromatic N) is 3. The van der Waals surface area contributed by atoms with Gasteiger partial charge in [-0.15, -0.1) is 5.10 Å². The normalized spacial score (nSPS) is 14.1. The minimum Gasteiger partial charge on any atom is -0.462 e. The molecule has 1 saturated carbocycles.